The Bertz CT molecular complexity index is 807. The van der Waals surface area contributed by atoms with Gasteiger partial charge in [0.15, 0.2) is 0 Å². The van der Waals surface area contributed by atoms with E-state index < -0.39 is 0 Å². The molecule has 0 bridgehead atoms. The molecular formula is C19H19ClFN3O2. The van der Waals surface area contributed by atoms with Crippen molar-refractivity contribution in [2.24, 2.45) is 0 Å². The highest BCUT2D eigenvalue weighted by molar-refractivity contribution is 6.34. The zero-order valence-corrected chi connectivity index (χ0v) is 14.8. The van der Waals surface area contributed by atoms with Crippen molar-refractivity contribution in [3.8, 4) is 0 Å². The van der Waals surface area contributed by atoms with Crippen molar-refractivity contribution in [2.75, 3.05) is 11.9 Å². The van der Waals surface area contributed by atoms with Crippen LogP contribution in [0.4, 0.5) is 14.9 Å². The van der Waals surface area contributed by atoms with Crippen molar-refractivity contribution >= 4 is 29.2 Å². The van der Waals surface area contributed by atoms with Gasteiger partial charge in [-0.3, -0.25) is 4.79 Å². The van der Waals surface area contributed by atoms with E-state index >= 15 is 0 Å². The Labute approximate surface area is 155 Å². The Morgan fingerprint density at radius 1 is 1.12 bits per heavy atom. The number of benzene rings is 2. The molecule has 0 heterocycles. The van der Waals surface area contributed by atoms with Gasteiger partial charge in [0, 0.05) is 18.3 Å². The Morgan fingerprint density at radius 3 is 2.54 bits per heavy atom. The molecule has 0 aliphatic heterocycles. The normalized spacial score (nSPS) is 13.2. The minimum atomic E-state index is -0.386. The quantitative estimate of drug-likeness (QED) is 0.719. The third kappa shape index (κ3) is 5.20. The topological polar surface area (TPSA) is 70.2 Å². The van der Waals surface area contributed by atoms with Gasteiger partial charge in [0.05, 0.1) is 10.6 Å². The van der Waals surface area contributed by atoms with Crippen LogP contribution < -0.4 is 16.0 Å². The van der Waals surface area contributed by atoms with Gasteiger partial charge in [-0.1, -0.05) is 23.7 Å². The summed E-state index contributed by atoms with van der Waals surface area (Å²) < 4.78 is 12.9. The molecule has 1 saturated carbocycles. The maximum atomic E-state index is 12.9. The van der Waals surface area contributed by atoms with Crippen molar-refractivity contribution in [2.45, 2.75) is 25.3 Å². The van der Waals surface area contributed by atoms with Crippen LogP contribution in [0, 0.1) is 5.82 Å². The standard InChI is InChI=1S/C19H19ClFN3O2/c20-17-8-7-15(11-16(17)18(25)23-14-5-6-14)24-19(26)22-10-9-12-1-3-13(21)4-2-12/h1-4,7-8,11,14H,5-6,9-10H2,(H,23,25)(H2,22,24,26). The molecule has 0 aromatic heterocycles. The van der Waals surface area contributed by atoms with Gasteiger partial charge in [-0.25, -0.2) is 9.18 Å². The van der Waals surface area contributed by atoms with Gasteiger partial charge in [-0.15, -0.1) is 0 Å². The summed E-state index contributed by atoms with van der Waals surface area (Å²) in [6.45, 7) is 0.403. The number of nitrogens with one attached hydrogen (secondary N) is 3. The van der Waals surface area contributed by atoms with Crippen LogP contribution in [-0.4, -0.2) is 24.5 Å². The molecule has 1 fully saturated rings. The SMILES string of the molecule is O=C(NCCc1ccc(F)cc1)Nc1ccc(Cl)c(C(=O)NC2CC2)c1. The van der Waals surface area contributed by atoms with Gasteiger partial charge in [-0.05, 0) is 55.2 Å². The molecule has 136 valence electrons. The molecule has 26 heavy (non-hydrogen) atoms. The molecule has 1 aliphatic rings. The zero-order chi connectivity index (χ0) is 18.5. The summed E-state index contributed by atoms with van der Waals surface area (Å²) in [4.78, 5) is 24.2. The lowest BCUT2D eigenvalue weighted by Crippen LogP contribution is -2.30. The minimum absolute atomic E-state index is 0.227. The minimum Gasteiger partial charge on any atom is -0.349 e. The first-order chi connectivity index (χ1) is 12.5. The summed E-state index contributed by atoms with van der Waals surface area (Å²) >= 11 is 6.08. The second kappa shape index (κ2) is 8.19. The van der Waals surface area contributed by atoms with Crippen molar-refractivity contribution in [1.29, 1.82) is 0 Å². The number of rotatable bonds is 6. The molecule has 1 aliphatic carbocycles. The third-order valence-electron chi connectivity index (χ3n) is 3.99. The van der Waals surface area contributed by atoms with Gasteiger partial charge in [0.2, 0.25) is 0 Å². The van der Waals surface area contributed by atoms with E-state index in [2.05, 4.69) is 16.0 Å². The van der Waals surface area contributed by atoms with Gasteiger partial charge < -0.3 is 16.0 Å². The highest BCUT2D eigenvalue weighted by Crippen LogP contribution is 2.23. The molecule has 3 rings (SSSR count). The largest absolute Gasteiger partial charge is 0.349 e. The number of amides is 3. The monoisotopic (exact) mass is 375 g/mol. The summed E-state index contributed by atoms with van der Waals surface area (Å²) in [5, 5.41) is 8.61. The van der Waals surface area contributed by atoms with Crippen LogP contribution in [0.1, 0.15) is 28.8 Å². The van der Waals surface area contributed by atoms with Gasteiger partial charge in [0.25, 0.3) is 5.91 Å². The van der Waals surface area contributed by atoms with E-state index in [1.54, 1.807) is 30.3 Å². The summed E-state index contributed by atoms with van der Waals surface area (Å²) in [5.74, 6) is -0.526. The summed E-state index contributed by atoms with van der Waals surface area (Å²) in [5.41, 5.74) is 1.74. The lowest BCUT2D eigenvalue weighted by molar-refractivity contribution is 0.0951. The number of carbonyl (C=O) groups excluding carboxylic acids is 2. The van der Waals surface area contributed by atoms with Gasteiger partial charge in [0.1, 0.15) is 5.82 Å². The van der Waals surface area contributed by atoms with E-state index in [0.717, 1.165) is 18.4 Å². The lowest BCUT2D eigenvalue weighted by Gasteiger charge is -2.10. The number of anilines is 1. The fourth-order valence-electron chi connectivity index (χ4n) is 2.41. The molecule has 2 aromatic rings. The highest BCUT2D eigenvalue weighted by atomic mass is 35.5. The molecule has 2 aromatic carbocycles. The molecule has 0 radical (unpaired) electrons. The Balaban J connectivity index is 1.51. The number of halogens is 2. The average Bonchev–Trinajstić information content (AvgIpc) is 3.42. The van der Waals surface area contributed by atoms with Gasteiger partial charge >= 0.3 is 6.03 Å². The van der Waals surface area contributed by atoms with Crippen LogP contribution in [0.3, 0.4) is 0 Å². The molecule has 0 atom stereocenters. The molecule has 0 saturated heterocycles. The van der Waals surface area contributed by atoms with Crippen molar-refractivity contribution in [1.82, 2.24) is 10.6 Å². The van der Waals surface area contributed by atoms with E-state index in [-0.39, 0.29) is 23.8 Å². The zero-order valence-electron chi connectivity index (χ0n) is 14.0. The molecule has 3 amide bonds. The van der Waals surface area contributed by atoms with Crippen molar-refractivity contribution < 1.29 is 14.0 Å². The summed E-state index contributed by atoms with van der Waals surface area (Å²) in [6, 6.07) is 10.7. The number of urea groups is 1. The van der Waals surface area contributed by atoms with Crippen molar-refractivity contribution in [3.05, 3.63) is 64.4 Å². The highest BCUT2D eigenvalue weighted by Gasteiger charge is 2.24. The van der Waals surface area contributed by atoms with Crippen molar-refractivity contribution in [3.63, 3.8) is 0 Å². The van der Waals surface area contributed by atoms with E-state index in [0.29, 0.717) is 29.2 Å². The first-order valence-corrected chi connectivity index (χ1v) is 8.79. The molecule has 7 heteroatoms. The Hall–Kier alpha value is -2.60. The maximum Gasteiger partial charge on any atom is 0.319 e. The second-order valence-electron chi connectivity index (χ2n) is 6.20. The average molecular weight is 376 g/mol. The summed E-state index contributed by atoms with van der Waals surface area (Å²) in [6.07, 6.45) is 2.55. The first kappa shape index (κ1) is 18.2. The van der Waals surface area contributed by atoms with Crippen LogP contribution in [0.25, 0.3) is 0 Å². The van der Waals surface area contributed by atoms with E-state index in [1.807, 2.05) is 0 Å². The number of hydrogen-bond donors (Lipinski definition) is 3. The maximum absolute atomic E-state index is 12.9. The molecule has 0 spiro atoms. The smallest absolute Gasteiger partial charge is 0.319 e. The van der Waals surface area contributed by atoms with Crippen LogP contribution in [0.2, 0.25) is 5.02 Å². The Morgan fingerprint density at radius 2 is 1.85 bits per heavy atom. The fraction of sp³-hybridized carbons (Fsp3) is 0.263. The predicted molar refractivity (Wildman–Crippen MR) is 99.1 cm³/mol. The van der Waals surface area contributed by atoms with E-state index in [1.165, 1.54) is 12.1 Å². The fourth-order valence-corrected chi connectivity index (χ4v) is 2.62. The summed E-state index contributed by atoms with van der Waals surface area (Å²) in [7, 11) is 0. The van der Waals surface area contributed by atoms with Crippen LogP contribution >= 0.6 is 11.6 Å². The molecule has 5 nitrogen and oxygen atoms in total. The van der Waals surface area contributed by atoms with E-state index in [9.17, 15) is 14.0 Å². The van der Waals surface area contributed by atoms with Gasteiger partial charge in [-0.2, -0.15) is 0 Å². The lowest BCUT2D eigenvalue weighted by atomic mass is 10.1. The molecular weight excluding hydrogens is 357 g/mol. The van der Waals surface area contributed by atoms with Crippen LogP contribution in [0.15, 0.2) is 42.5 Å². The third-order valence-corrected chi connectivity index (χ3v) is 4.32. The van der Waals surface area contributed by atoms with Crippen LogP contribution in [0.5, 0.6) is 0 Å². The molecule has 3 N–H and O–H groups in total. The van der Waals surface area contributed by atoms with Crippen LogP contribution in [-0.2, 0) is 6.42 Å². The predicted octanol–water partition coefficient (Wildman–Crippen LogP) is 3.74. The number of carbonyl (C=O) groups is 2. The first-order valence-electron chi connectivity index (χ1n) is 8.41. The number of hydrogen-bond acceptors (Lipinski definition) is 2. The Kier molecular flexibility index (Phi) is 5.73. The van der Waals surface area contributed by atoms with E-state index in [4.69, 9.17) is 11.6 Å². The second-order valence-corrected chi connectivity index (χ2v) is 6.61. The molecule has 0 unspecified atom stereocenters.